The number of hydrogen-bond acceptors (Lipinski definition) is 5. The highest BCUT2D eigenvalue weighted by Crippen LogP contribution is 2.36. The maximum Gasteiger partial charge on any atom is 0.327 e. The first-order chi connectivity index (χ1) is 8.97. The molecule has 0 bridgehead atoms. The van der Waals surface area contributed by atoms with E-state index >= 15 is 0 Å². The van der Waals surface area contributed by atoms with Crippen molar-refractivity contribution in [3.05, 3.63) is 23.3 Å². The SMILES string of the molecule is COC(=O)C(c1ccc(OC)c(C)c1OC)N(C)C. The van der Waals surface area contributed by atoms with E-state index in [0.717, 1.165) is 16.9 Å². The van der Waals surface area contributed by atoms with Gasteiger partial charge in [0.15, 0.2) is 0 Å². The molecule has 19 heavy (non-hydrogen) atoms. The van der Waals surface area contributed by atoms with Crippen molar-refractivity contribution in [3.63, 3.8) is 0 Å². The summed E-state index contributed by atoms with van der Waals surface area (Å²) in [5, 5.41) is 0. The Kier molecular flexibility index (Phi) is 5.18. The van der Waals surface area contributed by atoms with Crippen molar-refractivity contribution in [1.29, 1.82) is 0 Å². The highest BCUT2D eigenvalue weighted by Gasteiger charge is 2.28. The standard InChI is InChI=1S/C14H21NO4/c1-9-11(17-4)8-7-10(13(9)18-5)12(15(2)3)14(16)19-6/h7-8,12H,1-6H3. The summed E-state index contributed by atoms with van der Waals surface area (Å²) >= 11 is 0. The highest BCUT2D eigenvalue weighted by atomic mass is 16.5. The molecule has 0 aromatic heterocycles. The second-order valence-corrected chi connectivity index (χ2v) is 4.40. The van der Waals surface area contributed by atoms with Crippen molar-refractivity contribution >= 4 is 5.97 Å². The molecular formula is C14H21NO4. The van der Waals surface area contributed by atoms with E-state index in [2.05, 4.69) is 0 Å². The Morgan fingerprint density at radius 2 is 1.79 bits per heavy atom. The quantitative estimate of drug-likeness (QED) is 0.761. The van der Waals surface area contributed by atoms with E-state index in [1.807, 2.05) is 33.2 Å². The minimum atomic E-state index is -0.510. The summed E-state index contributed by atoms with van der Waals surface area (Å²) in [7, 11) is 8.20. The Balaban J connectivity index is 3.39. The molecule has 5 heteroatoms. The largest absolute Gasteiger partial charge is 0.496 e. The van der Waals surface area contributed by atoms with Crippen LogP contribution in [0.1, 0.15) is 17.2 Å². The fraction of sp³-hybridized carbons (Fsp3) is 0.500. The van der Waals surface area contributed by atoms with Gasteiger partial charge in [0, 0.05) is 11.1 Å². The summed E-state index contributed by atoms with van der Waals surface area (Å²) in [5.74, 6) is 1.04. The van der Waals surface area contributed by atoms with Crippen molar-refractivity contribution < 1.29 is 19.0 Å². The molecular weight excluding hydrogens is 246 g/mol. The molecule has 5 nitrogen and oxygen atoms in total. The zero-order valence-corrected chi connectivity index (χ0v) is 12.3. The van der Waals surface area contributed by atoms with E-state index in [1.165, 1.54) is 7.11 Å². The van der Waals surface area contributed by atoms with Crippen LogP contribution in [-0.4, -0.2) is 46.3 Å². The molecule has 1 rings (SSSR count). The first-order valence-corrected chi connectivity index (χ1v) is 5.93. The van der Waals surface area contributed by atoms with Crippen molar-refractivity contribution in [1.82, 2.24) is 4.90 Å². The Morgan fingerprint density at radius 1 is 1.16 bits per heavy atom. The number of methoxy groups -OCH3 is 3. The lowest BCUT2D eigenvalue weighted by Gasteiger charge is -2.25. The fourth-order valence-corrected chi connectivity index (χ4v) is 2.13. The third-order valence-corrected chi connectivity index (χ3v) is 3.05. The molecule has 1 atom stereocenters. The van der Waals surface area contributed by atoms with Gasteiger partial charge >= 0.3 is 5.97 Å². The number of hydrogen-bond donors (Lipinski definition) is 0. The molecule has 1 aromatic rings. The maximum atomic E-state index is 11.9. The molecule has 0 spiro atoms. The van der Waals surface area contributed by atoms with E-state index in [1.54, 1.807) is 19.1 Å². The number of ether oxygens (including phenoxy) is 3. The Bertz CT molecular complexity index is 457. The van der Waals surface area contributed by atoms with Crippen molar-refractivity contribution in [2.75, 3.05) is 35.4 Å². The second kappa shape index (κ2) is 6.43. The monoisotopic (exact) mass is 267 g/mol. The molecule has 0 radical (unpaired) electrons. The van der Waals surface area contributed by atoms with Crippen LogP contribution < -0.4 is 9.47 Å². The average molecular weight is 267 g/mol. The van der Waals surface area contributed by atoms with Crippen molar-refractivity contribution in [3.8, 4) is 11.5 Å². The average Bonchev–Trinajstić information content (AvgIpc) is 2.38. The number of rotatable bonds is 5. The first kappa shape index (κ1) is 15.3. The van der Waals surface area contributed by atoms with E-state index in [4.69, 9.17) is 14.2 Å². The summed E-state index contributed by atoms with van der Waals surface area (Å²) in [5.41, 5.74) is 1.62. The maximum absolute atomic E-state index is 11.9. The second-order valence-electron chi connectivity index (χ2n) is 4.40. The number of carbonyl (C=O) groups is 1. The van der Waals surface area contributed by atoms with Crippen LogP contribution in [0.5, 0.6) is 11.5 Å². The summed E-state index contributed by atoms with van der Waals surface area (Å²) in [6.07, 6.45) is 0. The highest BCUT2D eigenvalue weighted by molar-refractivity contribution is 5.79. The topological polar surface area (TPSA) is 48.0 Å². The zero-order chi connectivity index (χ0) is 14.6. The molecule has 0 aliphatic heterocycles. The predicted molar refractivity (Wildman–Crippen MR) is 72.7 cm³/mol. The molecule has 1 aromatic carbocycles. The zero-order valence-electron chi connectivity index (χ0n) is 12.3. The third-order valence-electron chi connectivity index (χ3n) is 3.05. The molecule has 1 unspecified atom stereocenters. The number of nitrogens with zero attached hydrogens (tertiary/aromatic N) is 1. The van der Waals surface area contributed by atoms with Crippen molar-refractivity contribution in [2.24, 2.45) is 0 Å². The molecule has 0 saturated heterocycles. The van der Waals surface area contributed by atoms with E-state index in [0.29, 0.717) is 5.75 Å². The van der Waals surface area contributed by atoms with Gasteiger partial charge in [0.2, 0.25) is 0 Å². The van der Waals surface area contributed by atoms with Crippen molar-refractivity contribution in [2.45, 2.75) is 13.0 Å². The number of benzene rings is 1. The molecule has 106 valence electrons. The molecule has 0 amide bonds. The fourth-order valence-electron chi connectivity index (χ4n) is 2.13. The van der Waals surface area contributed by atoms with Gasteiger partial charge in [-0.05, 0) is 33.2 Å². The lowest BCUT2D eigenvalue weighted by Crippen LogP contribution is -2.29. The number of likely N-dealkylation sites (N-methyl/N-ethyl adjacent to an activating group) is 1. The van der Waals surface area contributed by atoms with Gasteiger partial charge in [-0.1, -0.05) is 0 Å². The Hall–Kier alpha value is -1.75. The van der Waals surface area contributed by atoms with Crippen LogP contribution in [0.25, 0.3) is 0 Å². The minimum Gasteiger partial charge on any atom is -0.496 e. The molecule has 0 aliphatic carbocycles. The molecule has 0 fully saturated rings. The Labute approximate surface area is 114 Å². The van der Waals surface area contributed by atoms with Gasteiger partial charge in [-0.25, -0.2) is 4.79 Å². The smallest absolute Gasteiger partial charge is 0.327 e. The van der Waals surface area contributed by atoms with Gasteiger partial charge in [-0.15, -0.1) is 0 Å². The van der Waals surface area contributed by atoms with Gasteiger partial charge in [-0.3, -0.25) is 4.90 Å². The van der Waals surface area contributed by atoms with Crippen LogP contribution in [0.3, 0.4) is 0 Å². The number of esters is 1. The molecule has 0 heterocycles. The van der Waals surface area contributed by atoms with Gasteiger partial charge in [0.25, 0.3) is 0 Å². The summed E-state index contributed by atoms with van der Waals surface area (Å²) in [6.45, 7) is 1.89. The van der Waals surface area contributed by atoms with Crippen LogP contribution >= 0.6 is 0 Å². The predicted octanol–water partition coefficient (Wildman–Crippen LogP) is 1.79. The minimum absolute atomic E-state index is 0.326. The summed E-state index contributed by atoms with van der Waals surface area (Å²) < 4.78 is 15.5. The van der Waals surface area contributed by atoms with E-state index < -0.39 is 6.04 Å². The lowest BCUT2D eigenvalue weighted by atomic mass is 10.0. The summed E-state index contributed by atoms with van der Waals surface area (Å²) in [6, 6.07) is 3.14. The normalized spacial score (nSPS) is 12.2. The molecule has 0 aliphatic rings. The van der Waals surface area contributed by atoms with Crippen LogP contribution in [0.15, 0.2) is 12.1 Å². The van der Waals surface area contributed by atoms with Crippen LogP contribution in [0.2, 0.25) is 0 Å². The van der Waals surface area contributed by atoms with Gasteiger partial charge in [0.1, 0.15) is 17.5 Å². The van der Waals surface area contributed by atoms with Crippen LogP contribution in [0.4, 0.5) is 0 Å². The van der Waals surface area contributed by atoms with Gasteiger partial charge < -0.3 is 14.2 Å². The van der Waals surface area contributed by atoms with Crippen LogP contribution in [0, 0.1) is 6.92 Å². The molecule has 0 saturated carbocycles. The lowest BCUT2D eigenvalue weighted by molar-refractivity contribution is -0.146. The first-order valence-electron chi connectivity index (χ1n) is 5.93. The third kappa shape index (κ3) is 2.98. The Morgan fingerprint density at radius 3 is 2.21 bits per heavy atom. The summed E-state index contributed by atoms with van der Waals surface area (Å²) in [4.78, 5) is 13.7. The molecule has 0 N–H and O–H groups in total. The van der Waals surface area contributed by atoms with Gasteiger partial charge in [0.05, 0.1) is 21.3 Å². The van der Waals surface area contributed by atoms with E-state index in [9.17, 15) is 4.79 Å². The van der Waals surface area contributed by atoms with E-state index in [-0.39, 0.29) is 5.97 Å². The number of carbonyl (C=O) groups excluding carboxylic acids is 1. The van der Waals surface area contributed by atoms with Crippen LogP contribution in [-0.2, 0) is 9.53 Å². The van der Waals surface area contributed by atoms with Gasteiger partial charge in [-0.2, -0.15) is 0 Å².